The Kier molecular flexibility index (Phi) is 5.62. The van der Waals surface area contributed by atoms with Crippen molar-refractivity contribution in [2.45, 2.75) is 52.1 Å². The van der Waals surface area contributed by atoms with E-state index in [1.165, 1.54) is 32.7 Å². The van der Waals surface area contributed by atoms with Crippen molar-refractivity contribution >= 4 is 17.3 Å². The molecule has 1 unspecified atom stereocenters. The Balaban J connectivity index is 1.93. The minimum atomic E-state index is -0.0332. The lowest BCUT2D eigenvalue weighted by Gasteiger charge is -2.24. The molecule has 0 bridgehead atoms. The molecule has 116 valence electrons. The van der Waals surface area contributed by atoms with Crippen LogP contribution in [0.3, 0.4) is 0 Å². The second-order valence-corrected chi connectivity index (χ2v) is 6.16. The van der Waals surface area contributed by atoms with E-state index < -0.39 is 0 Å². The number of amides is 1. The number of hydrogen-bond acceptors (Lipinski definition) is 3. The first kappa shape index (κ1) is 15.8. The van der Waals surface area contributed by atoms with Crippen LogP contribution in [0, 0.1) is 0 Å². The van der Waals surface area contributed by atoms with Gasteiger partial charge >= 0.3 is 0 Å². The fourth-order valence-corrected chi connectivity index (χ4v) is 2.91. The summed E-state index contributed by atoms with van der Waals surface area (Å²) in [5.41, 5.74) is 1.94. The van der Waals surface area contributed by atoms with Crippen LogP contribution in [-0.2, 0) is 4.79 Å². The van der Waals surface area contributed by atoms with Gasteiger partial charge in [0, 0.05) is 36.9 Å². The molecule has 1 saturated heterocycles. The van der Waals surface area contributed by atoms with Crippen LogP contribution in [0.1, 0.15) is 40.0 Å². The number of carbonyl (C=O) groups is 1. The van der Waals surface area contributed by atoms with Crippen molar-refractivity contribution in [3.8, 4) is 0 Å². The molecule has 1 fully saturated rings. The van der Waals surface area contributed by atoms with Crippen molar-refractivity contribution in [2.24, 2.45) is 0 Å². The number of benzene rings is 1. The third kappa shape index (κ3) is 5.05. The number of hydrogen-bond donors (Lipinski definition) is 2. The summed E-state index contributed by atoms with van der Waals surface area (Å²) >= 11 is 0. The molecule has 1 aliphatic rings. The first-order valence-corrected chi connectivity index (χ1v) is 7.93. The SMILES string of the molecule is CC(=O)Nc1cccc(NC2CCCN(C(C)C)CC2)c1. The predicted molar refractivity (Wildman–Crippen MR) is 88.7 cm³/mol. The molecule has 0 saturated carbocycles. The van der Waals surface area contributed by atoms with Gasteiger partial charge in [0.2, 0.25) is 5.91 Å². The Labute approximate surface area is 127 Å². The molecule has 1 aromatic carbocycles. The number of nitrogens with one attached hydrogen (secondary N) is 2. The van der Waals surface area contributed by atoms with Gasteiger partial charge in [0.25, 0.3) is 0 Å². The standard InChI is InChI=1S/C17H27N3O/c1-13(2)20-10-5-8-15(9-11-20)19-17-7-4-6-16(12-17)18-14(3)21/h4,6-7,12-13,15,19H,5,8-11H2,1-3H3,(H,18,21). The van der Waals surface area contributed by atoms with E-state index in [-0.39, 0.29) is 5.91 Å². The topological polar surface area (TPSA) is 44.4 Å². The Morgan fingerprint density at radius 3 is 2.71 bits per heavy atom. The summed E-state index contributed by atoms with van der Waals surface area (Å²) < 4.78 is 0. The lowest BCUT2D eigenvalue weighted by atomic mass is 10.1. The molecular weight excluding hydrogens is 262 g/mol. The predicted octanol–water partition coefficient (Wildman–Crippen LogP) is 3.32. The molecule has 2 N–H and O–H groups in total. The van der Waals surface area contributed by atoms with Gasteiger partial charge in [0.15, 0.2) is 0 Å². The Bertz CT molecular complexity index is 473. The number of carbonyl (C=O) groups excluding carboxylic acids is 1. The monoisotopic (exact) mass is 289 g/mol. The normalized spacial score (nSPS) is 20.1. The molecule has 0 aliphatic carbocycles. The van der Waals surface area contributed by atoms with E-state index >= 15 is 0 Å². The van der Waals surface area contributed by atoms with Gasteiger partial charge in [-0.1, -0.05) is 6.07 Å². The zero-order valence-electron chi connectivity index (χ0n) is 13.4. The molecule has 21 heavy (non-hydrogen) atoms. The highest BCUT2D eigenvalue weighted by atomic mass is 16.1. The average molecular weight is 289 g/mol. The minimum Gasteiger partial charge on any atom is -0.382 e. The quantitative estimate of drug-likeness (QED) is 0.893. The van der Waals surface area contributed by atoms with Crippen LogP contribution in [0.4, 0.5) is 11.4 Å². The summed E-state index contributed by atoms with van der Waals surface area (Å²) in [6.45, 7) is 8.42. The molecule has 1 aromatic rings. The van der Waals surface area contributed by atoms with Gasteiger partial charge in [-0.3, -0.25) is 4.79 Å². The Morgan fingerprint density at radius 1 is 1.24 bits per heavy atom. The lowest BCUT2D eigenvalue weighted by molar-refractivity contribution is -0.114. The maximum absolute atomic E-state index is 11.1. The average Bonchev–Trinajstić information content (AvgIpc) is 2.64. The van der Waals surface area contributed by atoms with Crippen LogP contribution in [0.5, 0.6) is 0 Å². The van der Waals surface area contributed by atoms with E-state index in [0.717, 1.165) is 17.9 Å². The maximum atomic E-state index is 11.1. The van der Waals surface area contributed by atoms with E-state index in [1.54, 1.807) is 0 Å². The first-order chi connectivity index (χ1) is 10.0. The van der Waals surface area contributed by atoms with Crippen LogP contribution in [0.2, 0.25) is 0 Å². The van der Waals surface area contributed by atoms with E-state index in [9.17, 15) is 4.79 Å². The van der Waals surface area contributed by atoms with Gasteiger partial charge in [0.05, 0.1) is 0 Å². The summed E-state index contributed by atoms with van der Waals surface area (Å²) in [6, 6.07) is 9.11. The van der Waals surface area contributed by atoms with Gasteiger partial charge in [0.1, 0.15) is 0 Å². The number of likely N-dealkylation sites (tertiary alicyclic amines) is 1. The molecule has 1 aliphatic heterocycles. The van der Waals surface area contributed by atoms with Crippen LogP contribution in [0.15, 0.2) is 24.3 Å². The van der Waals surface area contributed by atoms with Crippen molar-refractivity contribution in [3.05, 3.63) is 24.3 Å². The van der Waals surface area contributed by atoms with E-state index in [2.05, 4.69) is 35.4 Å². The van der Waals surface area contributed by atoms with Gasteiger partial charge in [-0.2, -0.15) is 0 Å². The molecule has 2 rings (SSSR count). The Morgan fingerprint density at radius 2 is 2.00 bits per heavy atom. The molecule has 1 atom stereocenters. The minimum absolute atomic E-state index is 0.0332. The number of nitrogens with zero attached hydrogens (tertiary/aromatic N) is 1. The van der Waals surface area contributed by atoms with Crippen LogP contribution in [-0.4, -0.2) is 36.0 Å². The summed E-state index contributed by atoms with van der Waals surface area (Å²) in [5, 5.41) is 6.45. The summed E-state index contributed by atoms with van der Waals surface area (Å²) in [5.74, 6) is -0.0332. The zero-order chi connectivity index (χ0) is 15.2. The lowest BCUT2D eigenvalue weighted by Crippen LogP contribution is -2.32. The van der Waals surface area contributed by atoms with Crippen molar-refractivity contribution in [3.63, 3.8) is 0 Å². The van der Waals surface area contributed by atoms with E-state index in [4.69, 9.17) is 0 Å². The molecule has 4 heteroatoms. The smallest absolute Gasteiger partial charge is 0.221 e. The van der Waals surface area contributed by atoms with Gasteiger partial charge in [-0.15, -0.1) is 0 Å². The molecule has 0 radical (unpaired) electrons. The molecular formula is C17H27N3O. The summed E-state index contributed by atoms with van der Waals surface area (Å²) in [7, 11) is 0. The molecule has 0 aromatic heterocycles. The first-order valence-electron chi connectivity index (χ1n) is 7.93. The van der Waals surface area contributed by atoms with Crippen molar-refractivity contribution in [2.75, 3.05) is 23.7 Å². The molecule has 1 amide bonds. The zero-order valence-corrected chi connectivity index (χ0v) is 13.4. The van der Waals surface area contributed by atoms with Crippen molar-refractivity contribution in [1.82, 2.24) is 4.90 Å². The van der Waals surface area contributed by atoms with Crippen LogP contribution in [0.25, 0.3) is 0 Å². The number of rotatable bonds is 4. The third-order valence-electron chi connectivity index (χ3n) is 4.05. The highest BCUT2D eigenvalue weighted by molar-refractivity contribution is 5.89. The van der Waals surface area contributed by atoms with Crippen LogP contribution >= 0.6 is 0 Å². The van der Waals surface area contributed by atoms with Gasteiger partial charge in [-0.25, -0.2) is 0 Å². The van der Waals surface area contributed by atoms with Crippen LogP contribution < -0.4 is 10.6 Å². The van der Waals surface area contributed by atoms with E-state index in [0.29, 0.717) is 12.1 Å². The third-order valence-corrected chi connectivity index (χ3v) is 4.05. The number of anilines is 2. The largest absolute Gasteiger partial charge is 0.382 e. The fraction of sp³-hybridized carbons (Fsp3) is 0.588. The van der Waals surface area contributed by atoms with Gasteiger partial charge < -0.3 is 15.5 Å². The Hall–Kier alpha value is -1.55. The summed E-state index contributed by atoms with van der Waals surface area (Å²) in [4.78, 5) is 13.7. The van der Waals surface area contributed by atoms with E-state index in [1.807, 2.05) is 18.2 Å². The highest BCUT2D eigenvalue weighted by Crippen LogP contribution is 2.20. The molecule has 1 heterocycles. The molecule has 0 spiro atoms. The molecule has 4 nitrogen and oxygen atoms in total. The van der Waals surface area contributed by atoms with Gasteiger partial charge in [-0.05, 0) is 57.9 Å². The van der Waals surface area contributed by atoms with Crippen molar-refractivity contribution in [1.29, 1.82) is 0 Å². The fourth-order valence-electron chi connectivity index (χ4n) is 2.91. The summed E-state index contributed by atoms with van der Waals surface area (Å²) in [6.07, 6.45) is 3.61. The second-order valence-electron chi connectivity index (χ2n) is 6.16. The second kappa shape index (κ2) is 7.46. The highest BCUT2D eigenvalue weighted by Gasteiger charge is 2.18. The maximum Gasteiger partial charge on any atom is 0.221 e. The van der Waals surface area contributed by atoms with Crippen molar-refractivity contribution < 1.29 is 4.79 Å².